The fraction of sp³-hybridized carbons (Fsp3) is 0.862. The Morgan fingerprint density at radius 3 is 2.39 bits per heavy atom. The third kappa shape index (κ3) is 4.41. The number of hydrogen-bond donors (Lipinski definition) is 2. The van der Waals surface area contributed by atoms with Gasteiger partial charge in [0.25, 0.3) is 0 Å². The van der Waals surface area contributed by atoms with E-state index < -0.39 is 0 Å². The summed E-state index contributed by atoms with van der Waals surface area (Å²) < 4.78 is 0. The lowest BCUT2D eigenvalue weighted by atomic mass is 9.50. The van der Waals surface area contributed by atoms with Gasteiger partial charge in [-0.3, -0.25) is 9.59 Å². The van der Waals surface area contributed by atoms with Gasteiger partial charge in [0.05, 0.1) is 6.04 Å². The molecule has 0 bridgehead atoms. The topological polar surface area (TPSA) is 58.2 Å². The molecular weight excluding hydrogens is 408 g/mol. The summed E-state index contributed by atoms with van der Waals surface area (Å²) in [6.07, 6.45) is 13.4. The van der Waals surface area contributed by atoms with Crippen molar-refractivity contribution in [2.24, 2.45) is 52.3 Å². The van der Waals surface area contributed by atoms with Crippen molar-refractivity contribution >= 4 is 11.8 Å². The Labute approximate surface area is 202 Å². The predicted molar refractivity (Wildman–Crippen MR) is 134 cm³/mol. The molecule has 4 heteroatoms. The number of rotatable bonds is 5. The quantitative estimate of drug-likeness (QED) is 0.520. The Morgan fingerprint density at radius 1 is 0.970 bits per heavy atom. The molecule has 186 valence electrons. The summed E-state index contributed by atoms with van der Waals surface area (Å²) in [4.78, 5) is 25.3. The van der Waals surface area contributed by atoms with E-state index in [1.165, 1.54) is 32.1 Å². The molecule has 2 unspecified atom stereocenters. The molecule has 9 atom stereocenters. The van der Waals surface area contributed by atoms with Gasteiger partial charge >= 0.3 is 0 Å². The zero-order valence-corrected chi connectivity index (χ0v) is 22.0. The molecule has 2 N–H and O–H groups in total. The molecule has 0 spiro atoms. The first-order valence-corrected chi connectivity index (χ1v) is 13.8. The van der Waals surface area contributed by atoms with Gasteiger partial charge in [-0.25, -0.2) is 0 Å². The van der Waals surface area contributed by atoms with Crippen LogP contribution in [0.25, 0.3) is 0 Å². The van der Waals surface area contributed by atoms with Gasteiger partial charge in [-0.05, 0) is 90.8 Å². The number of fused-ring (bicyclic) bond motifs is 5. The molecule has 0 aromatic carbocycles. The largest absolute Gasteiger partial charge is 0.354 e. The molecule has 2 saturated heterocycles. The van der Waals surface area contributed by atoms with Crippen molar-refractivity contribution in [3.63, 3.8) is 0 Å². The van der Waals surface area contributed by atoms with Crippen LogP contribution in [0.3, 0.4) is 0 Å². The summed E-state index contributed by atoms with van der Waals surface area (Å²) in [6.45, 7) is 14.9. The van der Waals surface area contributed by atoms with Crippen LogP contribution in [0.2, 0.25) is 0 Å². The van der Waals surface area contributed by atoms with Gasteiger partial charge in [0, 0.05) is 19.4 Å². The van der Waals surface area contributed by atoms with Gasteiger partial charge in [-0.1, -0.05) is 53.7 Å². The first-order valence-electron chi connectivity index (χ1n) is 13.8. The van der Waals surface area contributed by atoms with E-state index in [1.54, 1.807) is 0 Å². The molecule has 4 fully saturated rings. The van der Waals surface area contributed by atoms with Crippen LogP contribution in [0.15, 0.2) is 12.2 Å². The molecule has 4 rings (SSSR count). The maximum absolute atomic E-state index is 13.1. The van der Waals surface area contributed by atoms with Crippen molar-refractivity contribution in [1.29, 1.82) is 0 Å². The molecule has 2 saturated carbocycles. The highest BCUT2D eigenvalue weighted by Crippen LogP contribution is 2.65. The summed E-state index contributed by atoms with van der Waals surface area (Å²) in [6, 6.07) is 0.0665. The summed E-state index contributed by atoms with van der Waals surface area (Å²) in [7, 11) is 0. The van der Waals surface area contributed by atoms with Crippen molar-refractivity contribution in [3.05, 3.63) is 12.2 Å². The molecule has 4 nitrogen and oxygen atoms in total. The number of allylic oxidation sites excluding steroid dienone is 2. The molecule has 0 aromatic heterocycles. The van der Waals surface area contributed by atoms with Crippen molar-refractivity contribution < 1.29 is 9.59 Å². The van der Waals surface area contributed by atoms with Gasteiger partial charge in [-0.2, -0.15) is 0 Å². The lowest BCUT2D eigenvalue weighted by Crippen LogP contribution is -2.53. The Morgan fingerprint density at radius 2 is 1.70 bits per heavy atom. The standard InChI is InChI=1S/C29H48N2O2/c1-7-20(18(2)3)9-8-19(4)22-10-11-23-21-16-27(33)31-25-17-30-26(32)13-15-29(25,6)24(21)12-14-28(22,23)5/h8-9,18-25H,7,10-17H2,1-6H3,(H,30,32)(H,31,33)/b9-8+/t19-,20?,21+,22-,23+,24+,25?,28-,29-/m1/s1. The maximum atomic E-state index is 13.1. The smallest absolute Gasteiger partial charge is 0.220 e. The molecule has 2 amide bonds. The molecule has 2 heterocycles. The number of amides is 2. The van der Waals surface area contributed by atoms with Crippen molar-refractivity contribution in [1.82, 2.24) is 10.6 Å². The van der Waals surface area contributed by atoms with E-state index in [9.17, 15) is 9.59 Å². The van der Waals surface area contributed by atoms with Crippen molar-refractivity contribution in [3.8, 4) is 0 Å². The van der Waals surface area contributed by atoms with E-state index in [2.05, 4.69) is 64.3 Å². The Bertz CT molecular complexity index is 776. The van der Waals surface area contributed by atoms with Crippen LogP contribution >= 0.6 is 0 Å². The maximum Gasteiger partial charge on any atom is 0.220 e. The average Bonchev–Trinajstić information content (AvgIpc) is 2.99. The van der Waals surface area contributed by atoms with Gasteiger partial charge in [0.2, 0.25) is 11.8 Å². The molecule has 33 heavy (non-hydrogen) atoms. The Kier molecular flexibility index (Phi) is 7.05. The lowest BCUT2D eigenvalue weighted by molar-refractivity contribution is -0.124. The first-order chi connectivity index (χ1) is 15.6. The van der Waals surface area contributed by atoms with Gasteiger partial charge in [0.1, 0.15) is 0 Å². The first kappa shape index (κ1) is 24.8. The molecule has 0 aromatic rings. The minimum Gasteiger partial charge on any atom is -0.354 e. The van der Waals surface area contributed by atoms with Crippen LogP contribution in [0.5, 0.6) is 0 Å². The normalized spacial score (nSPS) is 43.1. The zero-order valence-electron chi connectivity index (χ0n) is 22.0. The zero-order chi connectivity index (χ0) is 24.0. The van der Waals surface area contributed by atoms with E-state index in [-0.39, 0.29) is 23.3 Å². The molecule has 2 aliphatic carbocycles. The predicted octanol–water partition coefficient (Wildman–Crippen LogP) is 5.72. The fourth-order valence-corrected chi connectivity index (χ4v) is 8.80. The van der Waals surface area contributed by atoms with E-state index in [0.29, 0.717) is 66.2 Å². The third-order valence-electron chi connectivity index (χ3n) is 10.9. The summed E-state index contributed by atoms with van der Waals surface area (Å²) in [5, 5.41) is 6.41. The van der Waals surface area contributed by atoms with Crippen LogP contribution in [0, 0.1) is 52.3 Å². The number of carbonyl (C=O) groups excluding carboxylic acids is 2. The minimum atomic E-state index is 0.00648. The highest BCUT2D eigenvalue weighted by atomic mass is 16.2. The molecule has 2 aliphatic heterocycles. The molecular formula is C29H48N2O2. The van der Waals surface area contributed by atoms with Crippen molar-refractivity contribution in [2.75, 3.05) is 6.54 Å². The van der Waals surface area contributed by atoms with E-state index in [1.807, 2.05) is 0 Å². The second kappa shape index (κ2) is 9.38. The highest BCUT2D eigenvalue weighted by molar-refractivity contribution is 5.79. The molecule has 4 aliphatic rings. The summed E-state index contributed by atoms with van der Waals surface area (Å²) in [5.74, 6) is 4.61. The van der Waals surface area contributed by atoms with E-state index in [4.69, 9.17) is 0 Å². The van der Waals surface area contributed by atoms with Crippen LogP contribution in [-0.2, 0) is 9.59 Å². The highest BCUT2D eigenvalue weighted by Gasteiger charge is 2.60. The van der Waals surface area contributed by atoms with E-state index >= 15 is 0 Å². The van der Waals surface area contributed by atoms with Crippen LogP contribution in [0.4, 0.5) is 0 Å². The van der Waals surface area contributed by atoms with Crippen molar-refractivity contribution in [2.45, 2.75) is 99.0 Å². The second-order valence-corrected chi connectivity index (χ2v) is 12.8. The monoisotopic (exact) mass is 456 g/mol. The van der Waals surface area contributed by atoms with Crippen LogP contribution < -0.4 is 10.6 Å². The lowest BCUT2D eigenvalue weighted by Gasteiger charge is -2.54. The van der Waals surface area contributed by atoms with E-state index in [0.717, 1.165) is 6.42 Å². The SMILES string of the molecule is CCC(/C=C/[C@@H](C)[C@H]1CC[C@H]2[C@@H]3CC(=O)NC4CNC(=O)CC[C@]4(C)[C@H]3CC[C@]12C)C(C)C. The Hall–Kier alpha value is -1.32. The van der Waals surface area contributed by atoms with Gasteiger partial charge in [-0.15, -0.1) is 0 Å². The summed E-state index contributed by atoms with van der Waals surface area (Å²) in [5.41, 5.74) is 0.326. The molecule has 0 radical (unpaired) electrons. The minimum absolute atomic E-state index is 0.00648. The van der Waals surface area contributed by atoms with Gasteiger partial charge < -0.3 is 10.6 Å². The number of hydrogen-bond acceptors (Lipinski definition) is 2. The Balaban J connectivity index is 1.58. The van der Waals surface area contributed by atoms with Gasteiger partial charge in [0.15, 0.2) is 0 Å². The third-order valence-corrected chi connectivity index (χ3v) is 10.9. The number of nitrogens with one attached hydrogen (secondary N) is 2. The number of carbonyl (C=O) groups is 2. The second-order valence-electron chi connectivity index (χ2n) is 12.8. The van der Waals surface area contributed by atoms with Crippen LogP contribution in [-0.4, -0.2) is 24.4 Å². The fourth-order valence-electron chi connectivity index (χ4n) is 8.80. The van der Waals surface area contributed by atoms with Crippen LogP contribution in [0.1, 0.15) is 92.9 Å². The summed E-state index contributed by atoms with van der Waals surface area (Å²) >= 11 is 0. The average molecular weight is 457 g/mol.